The Labute approximate surface area is 103 Å². The molecule has 1 atom stereocenters. The van der Waals surface area contributed by atoms with Gasteiger partial charge in [0.1, 0.15) is 0 Å². The molecule has 3 heteroatoms. The molecule has 0 spiro atoms. The smallest absolute Gasteiger partial charge is 0.237 e. The predicted molar refractivity (Wildman–Crippen MR) is 70.6 cm³/mol. The van der Waals surface area contributed by atoms with Crippen molar-refractivity contribution in [2.45, 2.75) is 40.3 Å². The van der Waals surface area contributed by atoms with E-state index in [1.807, 2.05) is 19.9 Å². The number of rotatable bonds is 4. The molecule has 0 radical (unpaired) electrons. The summed E-state index contributed by atoms with van der Waals surface area (Å²) in [4.78, 5) is 11.7. The largest absolute Gasteiger partial charge is 0.351 e. The first-order chi connectivity index (χ1) is 7.91. The van der Waals surface area contributed by atoms with Crippen LogP contribution in [-0.2, 0) is 11.3 Å². The van der Waals surface area contributed by atoms with Gasteiger partial charge in [-0.1, -0.05) is 37.6 Å². The Bertz CT molecular complexity index is 399. The van der Waals surface area contributed by atoms with Crippen LogP contribution < -0.4 is 11.1 Å². The minimum atomic E-state index is -0.430. The fourth-order valence-electron chi connectivity index (χ4n) is 1.65. The van der Waals surface area contributed by atoms with Crippen LogP contribution in [0.5, 0.6) is 0 Å². The maximum absolute atomic E-state index is 11.7. The topological polar surface area (TPSA) is 55.1 Å². The van der Waals surface area contributed by atoms with E-state index in [1.54, 1.807) is 0 Å². The number of nitrogens with two attached hydrogens (primary N) is 1. The summed E-state index contributed by atoms with van der Waals surface area (Å²) in [6.45, 7) is 8.55. The number of carbonyl (C=O) groups excluding carboxylic acids is 1. The summed E-state index contributed by atoms with van der Waals surface area (Å²) >= 11 is 0. The summed E-state index contributed by atoms with van der Waals surface area (Å²) in [5.74, 6) is 0.0779. The van der Waals surface area contributed by atoms with Gasteiger partial charge >= 0.3 is 0 Å². The molecule has 1 rings (SSSR count). The molecule has 3 N–H and O–H groups in total. The third-order valence-corrected chi connectivity index (χ3v) is 2.97. The number of benzene rings is 1. The first-order valence-corrected chi connectivity index (χ1v) is 6.01. The number of amides is 1. The second kappa shape index (κ2) is 5.82. The van der Waals surface area contributed by atoms with Gasteiger partial charge < -0.3 is 11.1 Å². The highest BCUT2D eigenvalue weighted by atomic mass is 16.2. The van der Waals surface area contributed by atoms with Gasteiger partial charge in [0.25, 0.3) is 0 Å². The van der Waals surface area contributed by atoms with Crippen molar-refractivity contribution in [2.24, 2.45) is 11.7 Å². The fourth-order valence-corrected chi connectivity index (χ4v) is 1.65. The lowest BCUT2D eigenvalue weighted by Crippen LogP contribution is -2.43. The van der Waals surface area contributed by atoms with Gasteiger partial charge in [0, 0.05) is 6.54 Å². The third-order valence-electron chi connectivity index (χ3n) is 2.97. The van der Waals surface area contributed by atoms with Crippen molar-refractivity contribution >= 4 is 5.91 Å². The van der Waals surface area contributed by atoms with Crippen molar-refractivity contribution in [2.75, 3.05) is 0 Å². The van der Waals surface area contributed by atoms with E-state index >= 15 is 0 Å². The SMILES string of the molecule is Cc1ccc(CNC(=O)C(N)C(C)C)c(C)c1. The molecule has 17 heavy (non-hydrogen) atoms. The van der Waals surface area contributed by atoms with Crippen LogP contribution in [-0.4, -0.2) is 11.9 Å². The molecule has 1 aromatic carbocycles. The van der Waals surface area contributed by atoms with Gasteiger partial charge in [-0.3, -0.25) is 4.79 Å². The summed E-state index contributed by atoms with van der Waals surface area (Å²) in [6.07, 6.45) is 0. The second-order valence-corrected chi connectivity index (χ2v) is 4.92. The van der Waals surface area contributed by atoms with Crippen LogP contribution in [0.15, 0.2) is 18.2 Å². The van der Waals surface area contributed by atoms with E-state index in [1.165, 1.54) is 11.1 Å². The van der Waals surface area contributed by atoms with Crippen LogP contribution in [0, 0.1) is 19.8 Å². The van der Waals surface area contributed by atoms with Crippen molar-refractivity contribution in [3.05, 3.63) is 34.9 Å². The molecule has 0 aromatic heterocycles. The van der Waals surface area contributed by atoms with Crippen molar-refractivity contribution in [1.82, 2.24) is 5.32 Å². The van der Waals surface area contributed by atoms with Gasteiger partial charge in [-0.05, 0) is 30.9 Å². The lowest BCUT2D eigenvalue weighted by molar-refractivity contribution is -0.123. The fraction of sp³-hybridized carbons (Fsp3) is 0.500. The number of carbonyl (C=O) groups is 1. The first kappa shape index (κ1) is 13.7. The molecule has 1 amide bonds. The van der Waals surface area contributed by atoms with E-state index in [0.717, 1.165) is 5.56 Å². The monoisotopic (exact) mass is 234 g/mol. The molecule has 0 saturated carbocycles. The van der Waals surface area contributed by atoms with Crippen LogP contribution in [0.1, 0.15) is 30.5 Å². The van der Waals surface area contributed by atoms with Crippen LogP contribution in [0.2, 0.25) is 0 Å². The molecule has 0 saturated heterocycles. The molecule has 3 nitrogen and oxygen atoms in total. The van der Waals surface area contributed by atoms with Crippen LogP contribution in [0.4, 0.5) is 0 Å². The lowest BCUT2D eigenvalue weighted by Gasteiger charge is -2.16. The van der Waals surface area contributed by atoms with Gasteiger partial charge in [-0.2, -0.15) is 0 Å². The maximum Gasteiger partial charge on any atom is 0.237 e. The summed E-state index contributed by atoms with van der Waals surface area (Å²) in [5.41, 5.74) is 9.34. The predicted octanol–water partition coefficient (Wildman–Crippen LogP) is 1.90. The molecule has 0 heterocycles. The summed E-state index contributed by atoms with van der Waals surface area (Å²) in [5, 5.41) is 2.88. The van der Waals surface area contributed by atoms with E-state index in [0.29, 0.717) is 6.54 Å². The van der Waals surface area contributed by atoms with Crippen molar-refractivity contribution in [3.8, 4) is 0 Å². The van der Waals surface area contributed by atoms with Gasteiger partial charge in [0.05, 0.1) is 6.04 Å². The molecular formula is C14H22N2O. The van der Waals surface area contributed by atoms with Crippen molar-refractivity contribution in [3.63, 3.8) is 0 Å². The normalized spacial score (nSPS) is 12.6. The van der Waals surface area contributed by atoms with Crippen molar-refractivity contribution in [1.29, 1.82) is 0 Å². The molecular weight excluding hydrogens is 212 g/mol. The molecule has 0 bridgehead atoms. The average molecular weight is 234 g/mol. The van der Waals surface area contributed by atoms with Crippen molar-refractivity contribution < 1.29 is 4.79 Å². The van der Waals surface area contributed by atoms with E-state index in [-0.39, 0.29) is 11.8 Å². The van der Waals surface area contributed by atoms with Crippen LogP contribution in [0.3, 0.4) is 0 Å². The zero-order valence-corrected chi connectivity index (χ0v) is 11.1. The Morgan fingerprint density at radius 3 is 2.53 bits per heavy atom. The quantitative estimate of drug-likeness (QED) is 0.836. The van der Waals surface area contributed by atoms with Crippen LogP contribution >= 0.6 is 0 Å². The number of hydrogen-bond acceptors (Lipinski definition) is 2. The Morgan fingerprint density at radius 2 is 2.00 bits per heavy atom. The Balaban J connectivity index is 2.59. The molecule has 1 aromatic rings. The zero-order valence-electron chi connectivity index (χ0n) is 11.1. The minimum absolute atomic E-state index is 0.0834. The number of aryl methyl sites for hydroxylation is 2. The van der Waals surface area contributed by atoms with Gasteiger partial charge in [0.2, 0.25) is 5.91 Å². The maximum atomic E-state index is 11.7. The molecule has 0 aliphatic heterocycles. The Kier molecular flexibility index (Phi) is 4.70. The number of hydrogen-bond donors (Lipinski definition) is 2. The highest BCUT2D eigenvalue weighted by molar-refractivity contribution is 5.81. The average Bonchev–Trinajstić information content (AvgIpc) is 2.26. The molecule has 0 aliphatic carbocycles. The zero-order chi connectivity index (χ0) is 13.0. The lowest BCUT2D eigenvalue weighted by atomic mass is 10.0. The second-order valence-electron chi connectivity index (χ2n) is 4.92. The van der Waals surface area contributed by atoms with Gasteiger partial charge in [0.15, 0.2) is 0 Å². The number of nitrogens with one attached hydrogen (secondary N) is 1. The molecule has 0 aliphatic rings. The molecule has 94 valence electrons. The third kappa shape index (κ3) is 3.86. The molecule has 0 fully saturated rings. The van der Waals surface area contributed by atoms with E-state index in [4.69, 9.17) is 5.73 Å². The summed E-state index contributed by atoms with van der Waals surface area (Å²) in [6, 6.07) is 5.78. The van der Waals surface area contributed by atoms with Gasteiger partial charge in [-0.15, -0.1) is 0 Å². The minimum Gasteiger partial charge on any atom is -0.351 e. The van der Waals surface area contributed by atoms with E-state index in [2.05, 4.69) is 31.3 Å². The van der Waals surface area contributed by atoms with E-state index < -0.39 is 6.04 Å². The first-order valence-electron chi connectivity index (χ1n) is 6.01. The summed E-state index contributed by atoms with van der Waals surface area (Å²) < 4.78 is 0. The highest BCUT2D eigenvalue weighted by Crippen LogP contribution is 2.10. The van der Waals surface area contributed by atoms with E-state index in [9.17, 15) is 4.79 Å². The highest BCUT2D eigenvalue weighted by Gasteiger charge is 2.16. The Morgan fingerprint density at radius 1 is 1.35 bits per heavy atom. The van der Waals surface area contributed by atoms with Gasteiger partial charge in [-0.25, -0.2) is 0 Å². The Hall–Kier alpha value is -1.35. The standard InChI is InChI=1S/C14H22N2O/c1-9(2)13(15)14(17)16-8-12-6-5-10(3)7-11(12)4/h5-7,9,13H,8,15H2,1-4H3,(H,16,17). The van der Waals surface area contributed by atoms with Crippen LogP contribution in [0.25, 0.3) is 0 Å². The molecule has 1 unspecified atom stereocenters. The summed E-state index contributed by atoms with van der Waals surface area (Å²) in [7, 11) is 0.